The minimum absolute atomic E-state index is 0.0836. The molecule has 0 aliphatic heterocycles. The summed E-state index contributed by atoms with van der Waals surface area (Å²) < 4.78 is 39.3. The van der Waals surface area contributed by atoms with E-state index in [1.54, 1.807) is 6.07 Å². The molecule has 116 valence electrons. The molecule has 1 aromatic rings. The molecule has 0 heterocycles. The molecule has 1 atom stereocenters. The zero-order valence-corrected chi connectivity index (χ0v) is 12.9. The minimum atomic E-state index is -4.47. The molecule has 6 heteroatoms. The highest BCUT2D eigenvalue weighted by molar-refractivity contribution is 7.80. The smallest absolute Gasteiger partial charge is 0.389 e. The van der Waals surface area contributed by atoms with Crippen molar-refractivity contribution in [2.75, 3.05) is 5.32 Å². The van der Waals surface area contributed by atoms with Gasteiger partial charge in [-0.1, -0.05) is 32.5 Å². The molecule has 0 saturated heterocycles. The maximum atomic E-state index is 13.1. The van der Waals surface area contributed by atoms with Crippen LogP contribution < -0.4 is 11.1 Å². The second-order valence-electron chi connectivity index (χ2n) is 6.20. The molecule has 1 aliphatic carbocycles. The van der Waals surface area contributed by atoms with Crippen molar-refractivity contribution in [2.24, 2.45) is 11.1 Å². The van der Waals surface area contributed by atoms with E-state index in [0.717, 1.165) is 25.3 Å². The van der Waals surface area contributed by atoms with Crippen molar-refractivity contribution >= 4 is 22.9 Å². The molecule has 21 heavy (non-hydrogen) atoms. The highest BCUT2D eigenvalue weighted by Gasteiger charge is 2.36. The first-order chi connectivity index (χ1) is 9.61. The predicted molar refractivity (Wildman–Crippen MR) is 82.4 cm³/mol. The van der Waals surface area contributed by atoms with E-state index in [1.807, 2.05) is 0 Å². The van der Waals surface area contributed by atoms with Crippen LogP contribution >= 0.6 is 12.2 Å². The van der Waals surface area contributed by atoms with Crippen LogP contribution in [0.2, 0.25) is 0 Å². The van der Waals surface area contributed by atoms with Gasteiger partial charge < -0.3 is 11.1 Å². The lowest BCUT2D eigenvalue weighted by Gasteiger charge is -2.29. The molecule has 0 spiro atoms. The number of hydrogen-bond acceptors (Lipinski definition) is 2. The van der Waals surface area contributed by atoms with E-state index in [0.29, 0.717) is 5.69 Å². The first kappa shape index (κ1) is 16.1. The van der Waals surface area contributed by atoms with Crippen molar-refractivity contribution < 1.29 is 13.2 Å². The van der Waals surface area contributed by atoms with Crippen LogP contribution in [0.25, 0.3) is 0 Å². The molecule has 0 aromatic heterocycles. The van der Waals surface area contributed by atoms with Crippen LogP contribution in [0, 0.1) is 5.41 Å². The van der Waals surface area contributed by atoms with Crippen molar-refractivity contribution in [3.63, 3.8) is 0 Å². The molecule has 2 nitrogen and oxygen atoms in total. The van der Waals surface area contributed by atoms with Crippen molar-refractivity contribution in [3.8, 4) is 0 Å². The van der Waals surface area contributed by atoms with E-state index in [-0.39, 0.29) is 22.0 Å². The summed E-state index contributed by atoms with van der Waals surface area (Å²) in [6.07, 6.45) is -1.35. The SMILES string of the molecule is CC1(C)CCCC1Nc1ccc(C(N)=S)c(C(F)(F)F)c1. The molecule has 0 radical (unpaired) electrons. The molecule has 1 unspecified atom stereocenters. The van der Waals surface area contributed by atoms with Gasteiger partial charge in [-0.15, -0.1) is 0 Å². The Labute approximate surface area is 127 Å². The third-order valence-corrected chi connectivity index (χ3v) is 4.41. The van der Waals surface area contributed by atoms with Gasteiger partial charge in [-0.25, -0.2) is 0 Å². The van der Waals surface area contributed by atoms with E-state index < -0.39 is 11.7 Å². The quantitative estimate of drug-likeness (QED) is 0.815. The van der Waals surface area contributed by atoms with E-state index in [9.17, 15) is 13.2 Å². The molecular weight excluding hydrogens is 297 g/mol. The Bertz CT molecular complexity index is 552. The molecule has 0 amide bonds. The van der Waals surface area contributed by atoms with E-state index >= 15 is 0 Å². The molecule has 1 aromatic carbocycles. The van der Waals surface area contributed by atoms with E-state index in [2.05, 4.69) is 19.2 Å². The van der Waals surface area contributed by atoms with Gasteiger partial charge in [-0.2, -0.15) is 13.2 Å². The average molecular weight is 316 g/mol. The number of anilines is 1. The highest BCUT2D eigenvalue weighted by Crippen LogP contribution is 2.40. The maximum absolute atomic E-state index is 13.1. The van der Waals surface area contributed by atoms with Crippen LogP contribution in [-0.4, -0.2) is 11.0 Å². The predicted octanol–water partition coefficient (Wildman–Crippen LogP) is 4.33. The monoisotopic (exact) mass is 316 g/mol. The second kappa shape index (κ2) is 5.48. The van der Waals surface area contributed by atoms with Crippen LogP contribution in [0.5, 0.6) is 0 Å². The van der Waals surface area contributed by atoms with Gasteiger partial charge >= 0.3 is 6.18 Å². The Morgan fingerprint density at radius 1 is 1.38 bits per heavy atom. The molecule has 1 saturated carbocycles. The van der Waals surface area contributed by atoms with Gasteiger partial charge in [0.1, 0.15) is 4.99 Å². The Morgan fingerprint density at radius 2 is 2.05 bits per heavy atom. The van der Waals surface area contributed by atoms with Gasteiger partial charge in [0.05, 0.1) is 5.56 Å². The third-order valence-electron chi connectivity index (χ3n) is 4.19. The van der Waals surface area contributed by atoms with E-state index in [1.165, 1.54) is 6.07 Å². The van der Waals surface area contributed by atoms with Crippen molar-refractivity contribution in [3.05, 3.63) is 29.3 Å². The fourth-order valence-corrected chi connectivity index (χ4v) is 3.06. The van der Waals surface area contributed by atoms with Crippen molar-refractivity contribution in [2.45, 2.75) is 45.3 Å². The Morgan fingerprint density at radius 3 is 2.52 bits per heavy atom. The fraction of sp³-hybridized carbons (Fsp3) is 0.533. The van der Waals surface area contributed by atoms with Crippen LogP contribution in [-0.2, 0) is 6.18 Å². The number of halogens is 3. The van der Waals surface area contributed by atoms with Crippen LogP contribution in [0.3, 0.4) is 0 Å². The zero-order valence-electron chi connectivity index (χ0n) is 12.1. The van der Waals surface area contributed by atoms with Gasteiger partial charge in [0.25, 0.3) is 0 Å². The standard InChI is InChI=1S/C15H19F3N2S/c1-14(2)7-3-4-12(14)20-9-5-6-10(13(19)21)11(8-9)15(16,17)18/h5-6,8,12,20H,3-4,7H2,1-2H3,(H2,19,21). The molecule has 3 N–H and O–H groups in total. The molecule has 2 rings (SSSR count). The second-order valence-corrected chi connectivity index (χ2v) is 6.64. The van der Waals surface area contributed by atoms with Gasteiger partial charge in [0.2, 0.25) is 0 Å². The lowest BCUT2D eigenvalue weighted by atomic mass is 9.87. The van der Waals surface area contributed by atoms with Crippen molar-refractivity contribution in [1.82, 2.24) is 0 Å². The number of rotatable bonds is 3. The normalized spacial score (nSPS) is 21.3. The lowest BCUT2D eigenvalue weighted by molar-refractivity contribution is -0.137. The number of alkyl halides is 3. The minimum Gasteiger partial charge on any atom is -0.389 e. The average Bonchev–Trinajstić information content (AvgIpc) is 2.67. The summed E-state index contributed by atoms with van der Waals surface area (Å²) in [6.45, 7) is 4.26. The van der Waals surface area contributed by atoms with Crippen LogP contribution in [0.15, 0.2) is 18.2 Å². The van der Waals surface area contributed by atoms with Gasteiger partial charge in [-0.05, 0) is 36.5 Å². The number of thiocarbonyl (C=S) groups is 1. The van der Waals surface area contributed by atoms with Gasteiger partial charge in [0.15, 0.2) is 0 Å². The summed E-state index contributed by atoms with van der Waals surface area (Å²) in [6, 6.07) is 4.23. The number of nitrogens with one attached hydrogen (secondary N) is 1. The van der Waals surface area contributed by atoms with Gasteiger partial charge in [0, 0.05) is 17.3 Å². The summed E-state index contributed by atoms with van der Waals surface area (Å²) in [7, 11) is 0. The topological polar surface area (TPSA) is 38.0 Å². The summed E-state index contributed by atoms with van der Waals surface area (Å²) in [5, 5.41) is 3.23. The third kappa shape index (κ3) is 3.48. The first-order valence-corrected chi connectivity index (χ1v) is 7.30. The highest BCUT2D eigenvalue weighted by atomic mass is 32.1. The van der Waals surface area contributed by atoms with Gasteiger partial charge in [-0.3, -0.25) is 0 Å². The zero-order chi connectivity index (χ0) is 15.8. The lowest BCUT2D eigenvalue weighted by Crippen LogP contribution is -2.31. The fourth-order valence-electron chi connectivity index (χ4n) is 2.88. The summed E-state index contributed by atoms with van der Waals surface area (Å²) in [5.74, 6) is 0. The number of hydrogen-bond donors (Lipinski definition) is 2. The van der Waals surface area contributed by atoms with Crippen molar-refractivity contribution in [1.29, 1.82) is 0 Å². The molecular formula is C15H19F3N2S. The number of nitrogens with two attached hydrogens (primary N) is 1. The summed E-state index contributed by atoms with van der Waals surface area (Å²) >= 11 is 4.70. The molecule has 1 aliphatic rings. The van der Waals surface area contributed by atoms with Crippen LogP contribution in [0.1, 0.15) is 44.2 Å². The maximum Gasteiger partial charge on any atom is 0.417 e. The summed E-state index contributed by atoms with van der Waals surface area (Å²) in [4.78, 5) is -0.241. The first-order valence-electron chi connectivity index (χ1n) is 6.89. The summed E-state index contributed by atoms with van der Waals surface area (Å²) in [5.41, 5.74) is 5.01. The molecule has 1 fully saturated rings. The largest absolute Gasteiger partial charge is 0.417 e. The molecule has 0 bridgehead atoms. The Balaban J connectivity index is 2.32. The van der Waals surface area contributed by atoms with Crippen LogP contribution in [0.4, 0.5) is 18.9 Å². The number of benzene rings is 1. The Hall–Kier alpha value is -1.30. The Kier molecular flexibility index (Phi) is 4.19. The van der Waals surface area contributed by atoms with E-state index in [4.69, 9.17) is 18.0 Å².